The minimum Gasteiger partial charge on any atom is -0.481 e. The lowest BCUT2D eigenvalue weighted by atomic mass is 9.84. The summed E-state index contributed by atoms with van der Waals surface area (Å²) in [6.45, 7) is 1.07. The van der Waals surface area contributed by atoms with Gasteiger partial charge in [0, 0.05) is 31.3 Å². The zero-order valence-corrected chi connectivity index (χ0v) is 14.7. The fourth-order valence-electron chi connectivity index (χ4n) is 3.38. The number of urea groups is 1. The van der Waals surface area contributed by atoms with Gasteiger partial charge in [0.1, 0.15) is 0 Å². The van der Waals surface area contributed by atoms with E-state index in [4.69, 9.17) is 0 Å². The first-order chi connectivity index (χ1) is 12.3. The van der Waals surface area contributed by atoms with E-state index in [0.717, 1.165) is 17.9 Å². The van der Waals surface area contributed by atoms with Gasteiger partial charge in [0.2, 0.25) is 0 Å². The molecule has 2 saturated heterocycles. The van der Waals surface area contributed by atoms with Gasteiger partial charge in [-0.15, -0.1) is 11.8 Å². The molecule has 0 saturated carbocycles. The summed E-state index contributed by atoms with van der Waals surface area (Å²) in [5.74, 6) is -0.584. The highest BCUT2D eigenvalue weighted by Gasteiger charge is 2.37. The van der Waals surface area contributed by atoms with Crippen LogP contribution in [0.2, 0.25) is 0 Å². The number of nitrogens with zero attached hydrogens (tertiary/aromatic N) is 2. The predicted octanol–water partition coefficient (Wildman–Crippen LogP) is 3.32. The molecule has 0 bridgehead atoms. The molecule has 1 aromatic rings. The third-order valence-corrected chi connectivity index (χ3v) is 5.77. The molecule has 3 rings (SSSR count). The highest BCUT2D eigenvalue weighted by molar-refractivity contribution is 7.99. The molecule has 1 N–H and O–H groups in total. The summed E-state index contributed by atoms with van der Waals surface area (Å²) < 4.78 is 38.2. The molecule has 0 spiro atoms. The van der Waals surface area contributed by atoms with Crippen molar-refractivity contribution in [3.63, 3.8) is 0 Å². The number of piperidine rings is 1. The number of amides is 2. The summed E-state index contributed by atoms with van der Waals surface area (Å²) in [6.07, 6.45) is -4.11. The minimum atomic E-state index is -4.41. The fourth-order valence-corrected chi connectivity index (χ4v) is 4.32. The van der Waals surface area contributed by atoms with Crippen molar-refractivity contribution in [2.75, 3.05) is 31.3 Å². The van der Waals surface area contributed by atoms with Gasteiger partial charge in [-0.25, -0.2) is 4.79 Å². The second-order valence-corrected chi connectivity index (χ2v) is 7.65. The number of carbonyl (C=O) groups excluding carboxylic acids is 1. The SMILES string of the molecule is O=C(O)C1CC(c2ccc(C(F)(F)F)cc2)CN(C(=O)N2CCSC2)C1. The quantitative estimate of drug-likeness (QED) is 0.844. The number of alkyl halides is 3. The van der Waals surface area contributed by atoms with Crippen molar-refractivity contribution in [1.29, 1.82) is 0 Å². The molecule has 9 heteroatoms. The van der Waals surface area contributed by atoms with Crippen LogP contribution in [-0.2, 0) is 11.0 Å². The Morgan fingerprint density at radius 2 is 1.81 bits per heavy atom. The van der Waals surface area contributed by atoms with Gasteiger partial charge in [-0.3, -0.25) is 4.79 Å². The van der Waals surface area contributed by atoms with Crippen molar-refractivity contribution in [3.05, 3.63) is 35.4 Å². The van der Waals surface area contributed by atoms with Crippen LogP contribution in [0.25, 0.3) is 0 Å². The van der Waals surface area contributed by atoms with Crippen molar-refractivity contribution in [2.45, 2.75) is 18.5 Å². The number of thioether (sulfide) groups is 1. The number of hydrogen-bond donors (Lipinski definition) is 1. The van der Waals surface area contributed by atoms with Gasteiger partial charge in [0.25, 0.3) is 0 Å². The van der Waals surface area contributed by atoms with Crippen LogP contribution in [0, 0.1) is 5.92 Å². The van der Waals surface area contributed by atoms with Crippen molar-refractivity contribution in [1.82, 2.24) is 9.80 Å². The maximum absolute atomic E-state index is 12.7. The summed E-state index contributed by atoms with van der Waals surface area (Å²) in [7, 11) is 0. The molecule has 2 fully saturated rings. The molecular formula is C17H19F3N2O3S. The van der Waals surface area contributed by atoms with E-state index in [1.807, 2.05) is 0 Å². The van der Waals surface area contributed by atoms with Crippen LogP contribution in [0.4, 0.5) is 18.0 Å². The topological polar surface area (TPSA) is 60.9 Å². The molecule has 2 unspecified atom stereocenters. The smallest absolute Gasteiger partial charge is 0.416 e. The maximum Gasteiger partial charge on any atom is 0.416 e. The van der Waals surface area contributed by atoms with Crippen LogP contribution in [0.15, 0.2) is 24.3 Å². The van der Waals surface area contributed by atoms with Gasteiger partial charge in [0.15, 0.2) is 0 Å². The molecule has 2 heterocycles. The molecule has 2 aliphatic rings. The van der Waals surface area contributed by atoms with E-state index in [-0.39, 0.29) is 18.5 Å². The largest absolute Gasteiger partial charge is 0.481 e. The summed E-state index contributed by atoms with van der Waals surface area (Å²) in [6, 6.07) is 4.57. The zero-order valence-electron chi connectivity index (χ0n) is 13.9. The number of likely N-dealkylation sites (tertiary alicyclic amines) is 1. The van der Waals surface area contributed by atoms with E-state index in [0.29, 0.717) is 31.0 Å². The molecule has 0 aliphatic carbocycles. The van der Waals surface area contributed by atoms with Crippen LogP contribution in [-0.4, -0.2) is 58.2 Å². The zero-order chi connectivity index (χ0) is 18.9. The summed E-state index contributed by atoms with van der Waals surface area (Å²) in [5, 5.41) is 9.41. The average molecular weight is 388 g/mol. The van der Waals surface area contributed by atoms with E-state index < -0.39 is 23.6 Å². The third kappa shape index (κ3) is 4.08. The number of rotatable bonds is 2. The molecule has 2 amide bonds. The van der Waals surface area contributed by atoms with E-state index in [2.05, 4.69) is 0 Å². The highest BCUT2D eigenvalue weighted by atomic mass is 32.2. The van der Waals surface area contributed by atoms with Crippen LogP contribution in [0.5, 0.6) is 0 Å². The first-order valence-corrected chi connectivity index (χ1v) is 9.42. The molecule has 0 aromatic heterocycles. The van der Waals surface area contributed by atoms with Crippen molar-refractivity contribution < 1.29 is 27.9 Å². The van der Waals surface area contributed by atoms with Crippen molar-refractivity contribution >= 4 is 23.8 Å². The fraction of sp³-hybridized carbons (Fsp3) is 0.529. The Morgan fingerprint density at radius 1 is 1.12 bits per heavy atom. The Kier molecular flexibility index (Phi) is 5.36. The van der Waals surface area contributed by atoms with E-state index >= 15 is 0 Å². The monoisotopic (exact) mass is 388 g/mol. The lowest BCUT2D eigenvalue weighted by Gasteiger charge is -2.38. The molecule has 0 radical (unpaired) electrons. The van der Waals surface area contributed by atoms with Crippen molar-refractivity contribution in [3.8, 4) is 0 Å². The molecule has 5 nitrogen and oxygen atoms in total. The Morgan fingerprint density at radius 3 is 2.35 bits per heavy atom. The van der Waals surface area contributed by atoms with E-state index in [9.17, 15) is 27.9 Å². The Balaban J connectivity index is 1.79. The second-order valence-electron chi connectivity index (χ2n) is 6.58. The van der Waals surface area contributed by atoms with Crippen LogP contribution < -0.4 is 0 Å². The molecule has 2 aliphatic heterocycles. The Hall–Kier alpha value is -1.90. The Bertz CT molecular complexity index is 675. The minimum absolute atomic E-state index is 0.131. The molecule has 1 aromatic carbocycles. The van der Waals surface area contributed by atoms with Crippen LogP contribution in [0.3, 0.4) is 0 Å². The second kappa shape index (κ2) is 7.38. The summed E-state index contributed by atoms with van der Waals surface area (Å²) >= 11 is 1.64. The van der Waals surface area contributed by atoms with Crippen LogP contribution in [0.1, 0.15) is 23.5 Å². The van der Waals surface area contributed by atoms with Crippen molar-refractivity contribution in [2.24, 2.45) is 5.92 Å². The van der Waals surface area contributed by atoms with Crippen LogP contribution >= 0.6 is 11.8 Å². The lowest BCUT2D eigenvalue weighted by molar-refractivity contribution is -0.143. The number of benzene rings is 1. The van der Waals surface area contributed by atoms with Gasteiger partial charge >= 0.3 is 18.2 Å². The summed E-state index contributed by atoms with van der Waals surface area (Å²) in [4.78, 5) is 27.3. The first-order valence-electron chi connectivity index (χ1n) is 8.27. The maximum atomic E-state index is 12.7. The third-order valence-electron chi connectivity index (χ3n) is 4.80. The standard InChI is InChI=1S/C17H19F3N2O3S/c18-17(19,20)14-3-1-11(2-4-14)12-7-13(15(23)24)9-22(8-12)16(25)21-5-6-26-10-21/h1-4,12-13H,5-10H2,(H,23,24). The predicted molar refractivity (Wildman–Crippen MR) is 90.9 cm³/mol. The lowest BCUT2D eigenvalue weighted by Crippen LogP contribution is -2.50. The number of halogens is 3. The van der Waals surface area contributed by atoms with Gasteiger partial charge in [0.05, 0.1) is 17.4 Å². The molecule has 26 heavy (non-hydrogen) atoms. The number of aliphatic carboxylic acids is 1. The highest BCUT2D eigenvalue weighted by Crippen LogP contribution is 2.34. The number of hydrogen-bond acceptors (Lipinski definition) is 3. The van der Waals surface area contributed by atoms with E-state index in [1.165, 1.54) is 17.0 Å². The normalized spacial score (nSPS) is 24.0. The number of carboxylic acid groups (broad SMARTS) is 1. The summed E-state index contributed by atoms with van der Waals surface area (Å²) in [5.41, 5.74) is -0.119. The first kappa shape index (κ1) is 18.9. The van der Waals surface area contributed by atoms with Gasteiger partial charge in [-0.05, 0) is 24.1 Å². The van der Waals surface area contributed by atoms with Gasteiger partial charge in [-0.2, -0.15) is 13.2 Å². The Labute approximate surface area is 153 Å². The molecule has 2 atom stereocenters. The molecule has 142 valence electrons. The van der Waals surface area contributed by atoms with Gasteiger partial charge < -0.3 is 14.9 Å². The van der Waals surface area contributed by atoms with E-state index in [1.54, 1.807) is 16.7 Å². The average Bonchev–Trinajstić information content (AvgIpc) is 3.14. The number of carboxylic acids is 1. The molecular weight excluding hydrogens is 369 g/mol. The van der Waals surface area contributed by atoms with Gasteiger partial charge in [-0.1, -0.05) is 12.1 Å². The number of carbonyl (C=O) groups is 2.